The minimum absolute atomic E-state index is 0.0583. The molecule has 1 heterocycles. The molecule has 2 rings (SSSR count). The largest absolute Gasteiger partial charge is 0.329 e. The van der Waals surface area contributed by atoms with Gasteiger partial charge in [0.2, 0.25) is 10.0 Å². The van der Waals surface area contributed by atoms with Gasteiger partial charge >= 0.3 is 0 Å². The Hall–Kier alpha value is -0.660. The van der Waals surface area contributed by atoms with Gasteiger partial charge in [-0.15, -0.1) is 11.3 Å². The number of nitrogens with two attached hydrogens (primary N) is 1. The summed E-state index contributed by atoms with van der Waals surface area (Å²) in [6, 6.07) is 0. The van der Waals surface area contributed by atoms with E-state index in [1.807, 2.05) is 0 Å². The molecule has 0 amide bonds. The number of aryl methyl sites for hydroxylation is 2. The number of hydrogen-bond donors (Lipinski definition) is 2. The lowest BCUT2D eigenvalue weighted by atomic mass is 10.4. The SMILES string of the molecule is NCCS(=O)(=O)Nc1nc2c(s1)CCC2. The monoisotopic (exact) mass is 247 g/mol. The van der Waals surface area contributed by atoms with Crippen LogP contribution < -0.4 is 10.5 Å². The summed E-state index contributed by atoms with van der Waals surface area (Å²) in [5, 5.41) is 0.480. The molecule has 0 aliphatic heterocycles. The van der Waals surface area contributed by atoms with Crippen LogP contribution in [0.25, 0.3) is 0 Å². The average molecular weight is 247 g/mol. The van der Waals surface area contributed by atoms with Crippen molar-refractivity contribution in [3.63, 3.8) is 0 Å². The van der Waals surface area contributed by atoms with Gasteiger partial charge in [0.1, 0.15) is 0 Å². The zero-order valence-electron chi connectivity index (χ0n) is 8.19. The standard InChI is InChI=1S/C8H13N3O2S2/c9-4-5-15(12,13)11-8-10-6-2-1-3-7(6)14-8/h1-5,9H2,(H,10,11). The summed E-state index contributed by atoms with van der Waals surface area (Å²) in [6.07, 6.45) is 3.11. The van der Waals surface area contributed by atoms with Gasteiger partial charge in [0.05, 0.1) is 11.4 Å². The van der Waals surface area contributed by atoms with Crippen molar-refractivity contribution in [2.24, 2.45) is 5.73 Å². The maximum absolute atomic E-state index is 11.4. The van der Waals surface area contributed by atoms with E-state index in [4.69, 9.17) is 5.73 Å². The summed E-state index contributed by atoms with van der Waals surface area (Å²) < 4.78 is 25.3. The molecule has 1 aliphatic rings. The van der Waals surface area contributed by atoms with Crippen molar-refractivity contribution in [3.05, 3.63) is 10.6 Å². The summed E-state index contributed by atoms with van der Waals surface area (Å²) in [6.45, 7) is 0.125. The van der Waals surface area contributed by atoms with Crippen molar-refractivity contribution in [2.75, 3.05) is 17.0 Å². The van der Waals surface area contributed by atoms with Gasteiger partial charge in [-0.2, -0.15) is 0 Å². The van der Waals surface area contributed by atoms with Crippen molar-refractivity contribution in [1.82, 2.24) is 4.98 Å². The highest BCUT2D eigenvalue weighted by Gasteiger charge is 2.19. The van der Waals surface area contributed by atoms with Gasteiger partial charge in [0.25, 0.3) is 0 Å². The lowest BCUT2D eigenvalue weighted by Crippen LogP contribution is -2.22. The number of anilines is 1. The maximum atomic E-state index is 11.4. The van der Waals surface area contributed by atoms with E-state index < -0.39 is 10.0 Å². The van der Waals surface area contributed by atoms with Crippen LogP contribution >= 0.6 is 11.3 Å². The summed E-state index contributed by atoms with van der Waals surface area (Å²) in [7, 11) is -3.30. The number of hydrogen-bond acceptors (Lipinski definition) is 5. The minimum atomic E-state index is -3.30. The number of aromatic nitrogens is 1. The topological polar surface area (TPSA) is 85.1 Å². The molecule has 0 aromatic carbocycles. The van der Waals surface area contributed by atoms with Gasteiger partial charge < -0.3 is 5.73 Å². The highest BCUT2D eigenvalue weighted by atomic mass is 32.2. The second-order valence-electron chi connectivity index (χ2n) is 3.45. The summed E-state index contributed by atoms with van der Waals surface area (Å²) >= 11 is 1.43. The first kappa shape index (κ1) is 10.8. The van der Waals surface area contributed by atoms with Crippen molar-refractivity contribution in [1.29, 1.82) is 0 Å². The number of sulfonamides is 1. The van der Waals surface area contributed by atoms with E-state index >= 15 is 0 Å². The molecular weight excluding hydrogens is 234 g/mol. The average Bonchev–Trinajstić information content (AvgIpc) is 2.61. The first-order valence-corrected chi connectivity index (χ1v) is 7.27. The lowest BCUT2D eigenvalue weighted by Gasteiger charge is -2.02. The molecule has 0 unspecified atom stereocenters. The van der Waals surface area contributed by atoms with E-state index in [9.17, 15) is 8.42 Å². The molecule has 7 heteroatoms. The van der Waals surface area contributed by atoms with Crippen molar-refractivity contribution in [2.45, 2.75) is 19.3 Å². The Morgan fingerprint density at radius 1 is 1.47 bits per heavy atom. The Morgan fingerprint density at radius 3 is 2.93 bits per heavy atom. The third-order valence-electron chi connectivity index (χ3n) is 2.23. The number of fused-ring (bicyclic) bond motifs is 1. The second-order valence-corrected chi connectivity index (χ2v) is 6.38. The van der Waals surface area contributed by atoms with E-state index in [0.29, 0.717) is 5.13 Å². The van der Waals surface area contributed by atoms with Crippen LogP contribution in [0.5, 0.6) is 0 Å². The third-order valence-corrected chi connectivity index (χ3v) is 4.70. The van der Waals surface area contributed by atoms with Crippen LogP contribution in [0.1, 0.15) is 17.0 Å². The molecule has 0 fully saturated rings. The first-order valence-electron chi connectivity index (χ1n) is 4.80. The summed E-state index contributed by atoms with van der Waals surface area (Å²) in [5.41, 5.74) is 6.25. The van der Waals surface area contributed by atoms with Crippen LogP contribution in [-0.4, -0.2) is 25.7 Å². The quantitative estimate of drug-likeness (QED) is 0.803. The van der Waals surface area contributed by atoms with Gasteiger partial charge in [0.15, 0.2) is 5.13 Å². The van der Waals surface area contributed by atoms with E-state index in [0.717, 1.165) is 25.0 Å². The molecule has 3 N–H and O–H groups in total. The summed E-state index contributed by atoms with van der Waals surface area (Å²) in [5.74, 6) is -0.0583. The van der Waals surface area contributed by atoms with E-state index in [1.165, 1.54) is 16.2 Å². The van der Waals surface area contributed by atoms with Gasteiger partial charge in [-0.1, -0.05) is 0 Å². The molecule has 1 aliphatic carbocycles. The van der Waals surface area contributed by atoms with Crippen LogP contribution in [-0.2, 0) is 22.9 Å². The Morgan fingerprint density at radius 2 is 2.27 bits per heavy atom. The van der Waals surface area contributed by atoms with Gasteiger partial charge in [-0.3, -0.25) is 4.72 Å². The molecule has 0 radical (unpaired) electrons. The molecule has 0 atom stereocenters. The van der Waals surface area contributed by atoms with E-state index in [2.05, 4.69) is 9.71 Å². The Balaban J connectivity index is 2.12. The Kier molecular flexibility index (Phi) is 2.94. The zero-order chi connectivity index (χ0) is 10.9. The minimum Gasteiger partial charge on any atom is -0.329 e. The van der Waals surface area contributed by atoms with Crippen molar-refractivity contribution >= 4 is 26.5 Å². The van der Waals surface area contributed by atoms with Crippen molar-refractivity contribution < 1.29 is 8.42 Å². The summed E-state index contributed by atoms with van der Waals surface area (Å²) in [4.78, 5) is 5.45. The first-order chi connectivity index (χ1) is 7.11. The van der Waals surface area contributed by atoms with Gasteiger partial charge in [-0.05, 0) is 19.3 Å². The Labute approximate surface area is 92.8 Å². The number of thiazole rings is 1. The normalized spacial score (nSPS) is 15.3. The number of nitrogens with zero attached hydrogens (tertiary/aromatic N) is 1. The smallest absolute Gasteiger partial charge is 0.235 e. The fraction of sp³-hybridized carbons (Fsp3) is 0.625. The maximum Gasteiger partial charge on any atom is 0.235 e. The number of rotatable bonds is 4. The molecule has 0 saturated heterocycles. The number of nitrogens with one attached hydrogen (secondary N) is 1. The highest BCUT2D eigenvalue weighted by molar-refractivity contribution is 7.92. The molecule has 1 aromatic heterocycles. The van der Waals surface area contributed by atoms with E-state index in [1.54, 1.807) is 0 Å². The molecule has 1 aromatic rings. The molecule has 0 saturated carbocycles. The molecule has 0 spiro atoms. The molecule has 84 valence electrons. The van der Waals surface area contributed by atoms with Gasteiger partial charge in [-0.25, -0.2) is 13.4 Å². The van der Waals surface area contributed by atoms with Gasteiger partial charge in [0, 0.05) is 11.4 Å². The van der Waals surface area contributed by atoms with Crippen LogP contribution in [0.4, 0.5) is 5.13 Å². The highest BCUT2D eigenvalue weighted by Crippen LogP contribution is 2.30. The van der Waals surface area contributed by atoms with E-state index in [-0.39, 0.29) is 12.3 Å². The fourth-order valence-corrected chi connectivity index (χ4v) is 3.75. The molecule has 0 bridgehead atoms. The predicted molar refractivity (Wildman–Crippen MR) is 60.6 cm³/mol. The molecule has 15 heavy (non-hydrogen) atoms. The lowest BCUT2D eigenvalue weighted by molar-refractivity contribution is 0.601. The van der Waals surface area contributed by atoms with Crippen molar-refractivity contribution in [3.8, 4) is 0 Å². The van der Waals surface area contributed by atoms with Crippen LogP contribution in [0, 0.1) is 0 Å². The fourth-order valence-electron chi connectivity index (χ4n) is 1.57. The second kappa shape index (κ2) is 4.07. The van der Waals surface area contributed by atoms with Crippen LogP contribution in [0.15, 0.2) is 0 Å². The predicted octanol–water partition coefficient (Wildman–Crippen LogP) is 0.332. The third kappa shape index (κ3) is 2.47. The molecule has 5 nitrogen and oxygen atoms in total. The van der Waals surface area contributed by atoms with Crippen LogP contribution in [0.3, 0.4) is 0 Å². The molecular formula is C8H13N3O2S2. The Bertz CT molecular complexity index is 431. The zero-order valence-corrected chi connectivity index (χ0v) is 9.83. The van der Waals surface area contributed by atoms with Crippen LogP contribution in [0.2, 0.25) is 0 Å².